The summed E-state index contributed by atoms with van der Waals surface area (Å²) in [6.07, 6.45) is 1.13. The van der Waals surface area contributed by atoms with Crippen LogP contribution < -0.4 is 38.4 Å². The first kappa shape index (κ1) is 29.6. The number of nitrogens with zero attached hydrogens (tertiary/aromatic N) is 2. The van der Waals surface area contributed by atoms with Crippen molar-refractivity contribution in [2.45, 2.75) is 50.9 Å². The minimum Gasteiger partial charge on any atom is -0.370 e. The molecule has 0 fully saturated rings. The number of carbonyl (C=O) groups is 1. The van der Waals surface area contributed by atoms with Crippen LogP contribution in [-0.2, 0) is 12.7 Å². The van der Waals surface area contributed by atoms with E-state index in [0.717, 1.165) is 56.5 Å². The lowest BCUT2D eigenvalue weighted by molar-refractivity contribution is -0.137. The molecule has 0 spiro atoms. The van der Waals surface area contributed by atoms with Gasteiger partial charge in [-0.15, -0.1) is 0 Å². The summed E-state index contributed by atoms with van der Waals surface area (Å²) < 4.78 is 39.4. The molecule has 37 heavy (non-hydrogen) atoms. The van der Waals surface area contributed by atoms with Crippen LogP contribution in [0.25, 0.3) is 0 Å². The lowest BCUT2D eigenvalue weighted by Crippen LogP contribution is -2.34. The van der Waals surface area contributed by atoms with Gasteiger partial charge in [-0.2, -0.15) is 18.2 Å². The van der Waals surface area contributed by atoms with Crippen molar-refractivity contribution < 1.29 is 18.0 Å². The van der Waals surface area contributed by atoms with Crippen LogP contribution in [0.5, 0.6) is 0 Å². The number of amides is 2. The Morgan fingerprint density at radius 3 is 2.38 bits per heavy atom. The number of guanidine groups is 1. The Morgan fingerprint density at radius 2 is 1.76 bits per heavy atom. The van der Waals surface area contributed by atoms with Gasteiger partial charge in [-0.25, -0.2) is 9.59 Å². The minimum absolute atomic E-state index is 0.0185. The molecule has 0 unspecified atom stereocenters. The molecule has 1 aromatic heterocycles. The molecule has 0 bridgehead atoms. The Balaban J connectivity index is 1.84. The number of nitrogens with one attached hydrogen (secondary N) is 5. The van der Waals surface area contributed by atoms with Gasteiger partial charge in [0.2, 0.25) is 0 Å². The first-order valence-corrected chi connectivity index (χ1v) is 11.9. The summed E-state index contributed by atoms with van der Waals surface area (Å²) in [6, 6.07) is 4.93. The summed E-state index contributed by atoms with van der Waals surface area (Å²) in [5, 5.41) is 18.2. The SMILES string of the molecule is N=C(N)NCCC[C@@H](CCCn1ccc(NC(=O)Nc2ccc(C(F)(F)F)cc2)nc1=O)NCCCN. The number of halogens is 3. The molecule has 0 saturated carbocycles. The molecule has 1 heterocycles. The van der Waals surface area contributed by atoms with Crippen molar-refractivity contribution in [3.63, 3.8) is 0 Å². The fraction of sp³-hybridized carbons (Fsp3) is 0.478. The first-order chi connectivity index (χ1) is 17.6. The van der Waals surface area contributed by atoms with Gasteiger partial charge in [0.1, 0.15) is 5.82 Å². The Bertz CT molecular complexity index is 1060. The largest absolute Gasteiger partial charge is 0.416 e. The number of anilines is 2. The van der Waals surface area contributed by atoms with E-state index in [-0.39, 0.29) is 23.5 Å². The van der Waals surface area contributed by atoms with Crippen LogP contribution >= 0.6 is 0 Å². The molecule has 2 rings (SSSR count). The summed E-state index contributed by atoms with van der Waals surface area (Å²) in [4.78, 5) is 28.4. The maximum Gasteiger partial charge on any atom is 0.416 e. The van der Waals surface area contributed by atoms with Crippen LogP contribution in [0.15, 0.2) is 41.3 Å². The molecular formula is C23H34F3N9O2. The van der Waals surface area contributed by atoms with Crippen molar-refractivity contribution in [2.24, 2.45) is 11.5 Å². The van der Waals surface area contributed by atoms with Crippen molar-refractivity contribution in [1.29, 1.82) is 5.41 Å². The maximum absolute atomic E-state index is 12.6. The predicted molar refractivity (Wildman–Crippen MR) is 136 cm³/mol. The van der Waals surface area contributed by atoms with Gasteiger partial charge in [0.15, 0.2) is 5.96 Å². The Kier molecular flexibility index (Phi) is 11.8. The number of urea groups is 1. The van der Waals surface area contributed by atoms with Crippen molar-refractivity contribution in [3.05, 3.63) is 52.6 Å². The highest BCUT2D eigenvalue weighted by Crippen LogP contribution is 2.29. The second-order valence-electron chi connectivity index (χ2n) is 8.36. The highest BCUT2D eigenvalue weighted by molar-refractivity contribution is 5.99. The summed E-state index contributed by atoms with van der Waals surface area (Å²) >= 11 is 0. The number of aryl methyl sites for hydroxylation is 1. The molecule has 1 atom stereocenters. The summed E-state index contributed by atoms with van der Waals surface area (Å²) in [6.45, 7) is 2.42. The van der Waals surface area contributed by atoms with E-state index in [4.69, 9.17) is 16.9 Å². The standard InChI is InChI=1S/C23H34F3N9O2/c24-23(25,26)16-6-8-18(9-7-16)32-21(36)33-19-10-15-35(22(37)34-19)14-2-5-17(30-13-3-11-27)4-1-12-31-20(28)29/h6-10,15,17,30H,1-5,11-14,27H2,(H4,28,29,31)(H2,32,33,34,36,37)/t17-/m0/s1. The zero-order valence-corrected chi connectivity index (χ0v) is 20.4. The normalized spacial score (nSPS) is 12.1. The molecule has 0 saturated heterocycles. The molecule has 204 valence electrons. The van der Waals surface area contributed by atoms with Gasteiger partial charge in [0.05, 0.1) is 5.56 Å². The van der Waals surface area contributed by atoms with Gasteiger partial charge >= 0.3 is 17.9 Å². The van der Waals surface area contributed by atoms with Crippen LogP contribution in [0.3, 0.4) is 0 Å². The van der Waals surface area contributed by atoms with Crippen LogP contribution in [0, 0.1) is 5.41 Å². The number of carbonyl (C=O) groups excluding carboxylic acids is 1. The van der Waals surface area contributed by atoms with Crippen LogP contribution in [0.2, 0.25) is 0 Å². The molecule has 14 heteroatoms. The molecule has 0 radical (unpaired) electrons. The van der Waals surface area contributed by atoms with Crippen LogP contribution in [0.1, 0.15) is 37.7 Å². The van der Waals surface area contributed by atoms with E-state index < -0.39 is 23.5 Å². The Labute approximate surface area is 212 Å². The van der Waals surface area contributed by atoms with E-state index in [9.17, 15) is 22.8 Å². The second kappa shape index (κ2) is 14.8. The zero-order chi connectivity index (χ0) is 27.3. The van der Waals surface area contributed by atoms with Gasteiger partial charge in [0.25, 0.3) is 0 Å². The van der Waals surface area contributed by atoms with E-state index in [0.29, 0.717) is 26.1 Å². The highest BCUT2D eigenvalue weighted by atomic mass is 19.4. The van der Waals surface area contributed by atoms with E-state index in [1.807, 2.05) is 0 Å². The molecule has 2 amide bonds. The van der Waals surface area contributed by atoms with Gasteiger partial charge in [0, 0.05) is 31.0 Å². The number of nitrogens with two attached hydrogens (primary N) is 2. The quantitative estimate of drug-likeness (QED) is 0.112. The first-order valence-electron chi connectivity index (χ1n) is 11.9. The van der Waals surface area contributed by atoms with E-state index in [1.54, 1.807) is 0 Å². The highest BCUT2D eigenvalue weighted by Gasteiger charge is 2.30. The molecule has 0 aliphatic carbocycles. The topological polar surface area (TPSA) is 176 Å². The van der Waals surface area contributed by atoms with Crippen LogP contribution in [0.4, 0.5) is 29.5 Å². The number of rotatable bonds is 14. The third-order valence-corrected chi connectivity index (χ3v) is 5.40. The fourth-order valence-electron chi connectivity index (χ4n) is 3.53. The molecule has 11 nitrogen and oxygen atoms in total. The summed E-state index contributed by atoms with van der Waals surface area (Å²) in [5.74, 6) is -0.0421. The summed E-state index contributed by atoms with van der Waals surface area (Å²) in [5.41, 5.74) is 9.66. The maximum atomic E-state index is 12.6. The smallest absolute Gasteiger partial charge is 0.370 e. The van der Waals surface area contributed by atoms with Crippen molar-refractivity contribution in [1.82, 2.24) is 20.2 Å². The van der Waals surface area contributed by atoms with Crippen molar-refractivity contribution >= 4 is 23.5 Å². The molecule has 0 aliphatic heterocycles. The molecule has 0 aliphatic rings. The van der Waals surface area contributed by atoms with Gasteiger partial charge in [-0.05, 0) is 75.5 Å². The zero-order valence-electron chi connectivity index (χ0n) is 20.4. The second-order valence-corrected chi connectivity index (χ2v) is 8.36. The van der Waals surface area contributed by atoms with Gasteiger partial charge in [-0.3, -0.25) is 15.3 Å². The number of alkyl halides is 3. The fourth-order valence-corrected chi connectivity index (χ4v) is 3.53. The monoisotopic (exact) mass is 525 g/mol. The number of hydrogen-bond acceptors (Lipinski definition) is 6. The van der Waals surface area contributed by atoms with Crippen molar-refractivity contribution in [2.75, 3.05) is 30.3 Å². The average Bonchev–Trinajstić information content (AvgIpc) is 2.82. The molecule has 2 aromatic rings. The number of benzene rings is 1. The van der Waals surface area contributed by atoms with E-state index in [1.165, 1.54) is 16.8 Å². The third-order valence-electron chi connectivity index (χ3n) is 5.40. The lowest BCUT2D eigenvalue weighted by atomic mass is 10.1. The van der Waals surface area contributed by atoms with Crippen molar-refractivity contribution in [3.8, 4) is 0 Å². The lowest BCUT2D eigenvalue weighted by Gasteiger charge is -2.19. The number of hydrogen-bond donors (Lipinski definition) is 7. The number of aromatic nitrogens is 2. The summed E-state index contributed by atoms with van der Waals surface area (Å²) in [7, 11) is 0. The third kappa shape index (κ3) is 11.3. The minimum atomic E-state index is -4.47. The van der Waals surface area contributed by atoms with Gasteiger partial charge < -0.3 is 27.4 Å². The molecule has 9 N–H and O–H groups in total. The van der Waals surface area contributed by atoms with Gasteiger partial charge in [-0.1, -0.05) is 0 Å². The van der Waals surface area contributed by atoms with E-state index in [2.05, 4.69) is 26.3 Å². The molecule has 1 aromatic carbocycles. The molecular weight excluding hydrogens is 491 g/mol. The Hall–Kier alpha value is -3.65. The van der Waals surface area contributed by atoms with Crippen LogP contribution in [-0.4, -0.2) is 47.2 Å². The average molecular weight is 526 g/mol. The predicted octanol–water partition coefficient (Wildman–Crippen LogP) is 2.26. The van der Waals surface area contributed by atoms with E-state index >= 15 is 0 Å². The Morgan fingerprint density at radius 1 is 1.05 bits per heavy atom.